The first-order valence-corrected chi connectivity index (χ1v) is 7.22. The highest BCUT2D eigenvalue weighted by Crippen LogP contribution is 2.31. The Kier molecular flexibility index (Phi) is 4.38. The normalized spacial score (nSPS) is 21.3. The summed E-state index contributed by atoms with van der Waals surface area (Å²) >= 11 is 0. The third kappa shape index (κ3) is 3.24. The second-order valence-electron chi connectivity index (χ2n) is 4.19. The van der Waals surface area contributed by atoms with E-state index in [9.17, 15) is 13.5 Å². The molecule has 3 nitrogen and oxygen atoms in total. The summed E-state index contributed by atoms with van der Waals surface area (Å²) in [4.78, 5) is 0. The second-order valence-corrected chi connectivity index (χ2v) is 6.58. The van der Waals surface area contributed by atoms with Crippen LogP contribution >= 0.6 is 0 Å². The van der Waals surface area contributed by atoms with Gasteiger partial charge in [0.05, 0.1) is 5.75 Å². The summed E-state index contributed by atoms with van der Waals surface area (Å²) in [6.45, 7) is 1.68. The lowest BCUT2D eigenvalue weighted by atomic mass is 9.93. The molecule has 1 atom stereocenters. The first-order valence-electron chi connectivity index (χ1n) is 5.40. The van der Waals surface area contributed by atoms with Crippen LogP contribution in [0.25, 0.3) is 0 Å². The number of hydrogen-bond donors (Lipinski definition) is 1. The van der Waals surface area contributed by atoms with Gasteiger partial charge in [-0.05, 0) is 11.8 Å². The SMILES string of the molecule is CCS(=O)(=O)C[C@@H](CO)C1CCCC1. The fraction of sp³-hybridized carbons (Fsp3) is 1.00. The van der Waals surface area contributed by atoms with Gasteiger partial charge in [0.1, 0.15) is 9.84 Å². The molecular formula is C10H20O3S. The van der Waals surface area contributed by atoms with E-state index in [1.54, 1.807) is 6.92 Å². The summed E-state index contributed by atoms with van der Waals surface area (Å²) in [5, 5.41) is 9.18. The maximum atomic E-state index is 11.4. The Balaban J connectivity index is 2.54. The van der Waals surface area contributed by atoms with Crippen molar-refractivity contribution in [3.63, 3.8) is 0 Å². The lowest BCUT2D eigenvalue weighted by molar-refractivity contribution is 0.191. The van der Waals surface area contributed by atoms with Crippen molar-refractivity contribution in [2.75, 3.05) is 18.1 Å². The Bertz CT molecular complexity index is 253. The Hall–Kier alpha value is -0.0900. The molecule has 1 fully saturated rings. The molecule has 0 bridgehead atoms. The van der Waals surface area contributed by atoms with Gasteiger partial charge in [-0.2, -0.15) is 0 Å². The largest absolute Gasteiger partial charge is 0.396 e. The minimum atomic E-state index is -2.93. The van der Waals surface area contributed by atoms with E-state index in [1.807, 2.05) is 0 Å². The van der Waals surface area contributed by atoms with Crippen LogP contribution in [0.3, 0.4) is 0 Å². The third-order valence-electron chi connectivity index (χ3n) is 3.21. The van der Waals surface area contributed by atoms with Gasteiger partial charge in [-0.25, -0.2) is 8.42 Å². The van der Waals surface area contributed by atoms with Gasteiger partial charge in [-0.15, -0.1) is 0 Å². The van der Waals surface area contributed by atoms with Crippen LogP contribution in [0.15, 0.2) is 0 Å². The number of hydrogen-bond acceptors (Lipinski definition) is 3. The van der Waals surface area contributed by atoms with Gasteiger partial charge in [0, 0.05) is 12.4 Å². The average Bonchev–Trinajstić information content (AvgIpc) is 2.67. The molecule has 0 spiro atoms. The summed E-state index contributed by atoms with van der Waals surface area (Å²) in [5.74, 6) is 0.768. The van der Waals surface area contributed by atoms with Crippen LogP contribution in [0.5, 0.6) is 0 Å². The molecule has 0 aromatic carbocycles. The van der Waals surface area contributed by atoms with E-state index < -0.39 is 9.84 Å². The highest BCUT2D eigenvalue weighted by atomic mass is 32.2. The van der Waals surface area contributed by atoms with Crippen molar-refractivity contribution < 1.29 is 13.5 Å². The van der Waals surface area contributed by atoms with Gasteiger partial charge in [0.15, 0.2) is 0 Å². The van der Waals surface area contributed by atoms with Crippen molar-refractivity contribution in [3.05, 3.63) is 0 Å². The van der Waals surface area contributed by atoms with E-state index in [2.05, 4.69) is 0 Å². The zero-order valence-corrected chi connectivity index (χ0v) is 9.59. The Morgan fingerprint density at radius 3 is 2.36 bits per heavy atom. The fourth-order valence-corrected chi connectivity index (χ4v) is 3.48. The summed E-state index contributed by atoms with van der Waals surface area (Å²) < 4.78 is 22.8. The van der Waals surface area contributed by atoms with Crippen LogP contribution in [0, 0.1) is 11.8 Å². The van der Waals surface area contributed by atoms with Crippen molar-refractivity contribution in [2.24, 2.45) is 11.8 Å². The molecule has 14 heavy (non-hydrogen) atoms. The second kappa shape index (κ2) is 5.12. The molecule has 0 aliphatic heterocycles. The van der Waals surface area contributed by atoms with Crippen LogP contribution in [-0.2, 0) is 9.84 Å². The van der Waals surface area contributed by atoms with Crippen LogP contribution < -0.4 is 0 Å². The van der Waals surface area contributed by atoms with Crippen LogP contribution in [0.1, 0.15) is 32.6 Å². The number of rotatable bonds is 5. The molecule has 0 radical (unpaired) electrons. The maximum Gasteiger partial charge on any atom is 0.150 e. The molecular weight excluding hydrogens is 200 g/mol. The first kappa shape index (κ1) is 12.0. The molecule has 1 rings (SSSR count). The summed E-state index contributed by atoms with van der Waals surface area (Å²) in [6.07, 6.45) is 4.55. The minimum absolute atomic E-state index is 0.0178. The molecule has 1 N–H and O–H groups in total. The third-order valence-corrected chi connectivity index (χ3v) is 5.02. The maximum absolute atomic E-state index is 11.4. The van der Waals surface area contributed by atoms with Crippen molar-refractivity contribution in [1.29, 1.82) is 0 Å². The van der Waals surface area contributed by atoms with Gasteiger partial charge in [-0.3, -0.25) is 0 Å². The first-order chi connectivity index (χ1) is 6.59. The highest BCUT2D eigenvalue weighted by molar-refractivity contribution is 7.91. The number of sulfone groups is 1. The molecule has 84 valence electrons. The average molecular weight is 220 g/mol. The predicted molar refractivity (Wildman–Crippen MR) is 56.9 cm³/mol. The van der Waals surface area contributed by atoms with E-state index in [1.165, 1.54) is 12.8 Å². The van der Waals surface area contributed by atoms with Gasteiger partial charge < -0.3 is 5.11 Å². The van der Waals surface area contributed by atoms with E-state index in [0.717, 1.165) is 12.8 Å². The Labute approximate surface area is 86.4 Å². The lowest BCUT2D eigenvalue weighted by Crippen LogP contribution is -2.26. The van der Waals surface area contributed by atoms with Gasteiger partial charge in [-0.1, -0.05) is 32.6 Å². The van der Waals surface area contributed by atoms with Gasteiger partial charge >= 0.3 is 0 Å². The molecule has 0 heterocycles. The molecule has 4 heteroatoms. The zero-order valence-electron chi connectivity index (χ0n) is 8.78. The van der Waals surface area contributed by atoms with Crippen molar-refractivity contribution in [3.8, 4) is 0 Å². The highest BCUT2D eigenvalue weighted by Gasteiger charge is 2.27. The van der Waals surface area contributed by atoms with Gasteiger partial charge in [0.2, 0.25) is 0 Å². The molecule has 0 amide bonds. The van der Waals surface area contributed by atoms with Crippen molar-refractivity contribution in [1.82, 2.24) is 0 Å². The Morgan fingerprint density at radius 2 is 1.93 bits per heavy atom. The fourth-order valence-electron chi connectivity index (χ4n) is 2.21. The quantitative estimate of drug-likeness (QED) is 0.758. The summed E-state index contributed by atoms with van der Waals surface area (Å²) in [7, 11) is -2.93. The van der Waals surface area contributed by atoms with Crippen molar-refractivity contribution in [2.45, 2.75) is 32.6 Å². The van der Waals surface area contributed by atoms with E-state index >= 15 is 0 Å². The molecule has 0 saturated heterocycles. The number of aliphatic hydroxyl groups excluding tert-OH is 1. The molecule has 1 aliphatic rings. The van der Waals surface area contributed by atoms with E-state index in [4.69, 9.17) is 0 Å². The molecule has 1 saturated carbocycles. The van der Waals surface area contributed by atoms with Gasteiger partial charge in [0.25, 0.3) is 0 Å². The smallest absolute Gasteiger partial charge is 0.150 e. The molecule has 0 unspecified atom stereocenters. The summed E-state index contributed by atoms with van der Waals surface area (Å²) in [5.41, 5.74) is 0. The standard InChI is InChI=1S/C10H20O3S/c1-2-14(12,13)8-10(7-11)9-5-3-4-6-9/h9-11H,2-8H2,1H3/t10-/m1/s1. The molecule has 0 aromatic rings. The zero-order chi connectivity index (χ0) is 10.6. The lowest BCUT2D eigenvalue weighted by Gasteiger charge is -2.20. The monoisotopic (exact) mass is 220 g/mol. The van der Waals surface area contributed by atoms with E-state index in [0.29, 0.717) is 5.92 Å². The van der Waals surface area contributed by atoms with Crippen LogP contribution in [0.2, 0.25) is 0 Å². The predicted octanol–water partition coefficient (Wildman–Crippen LogP) is 1.22. The minimum Gasteiger partial charge on any atom is -0.396 e. The molecule has 1 aliphatic carbocycles. The molecule has 0 aromatic heterocycles. The van der Waals surface area contributed by atoms with Crippen molar-refractivity contribution >= 4 is 9.84 Å². The number of aliphatic hydroxyl groups is 1. The summed E-state index contributed by atoms with van der Waals surface area (Å²) in [6, 6.07) is 0. The van der Waals surface area contributed by atoms with E-state index in [-0.39, 0.29) is 24.0 Å². The van der Waals surface area contributed by atoms with Crippen LogP contribution in [-0.4, -0.2) is 31.6 Å². The Morgan fingerprint density at radius 1 is 1.36 bits per heavy atom. The topological polar surface area (TPSA) is 54.4 Å². The van der Waals surface area contributed by atoms with Crippen LogP contribution in [0.4, 0.5) is 0 Å².